The van der Waals surface area contributed by atoms with Crippen LogP contribution in [0.25, 0.3) is 11.1 Å². The normalized spacial score (nSPS) is 12.0. The lowest BCUT2D eigenvalue weighted by molar-refractivity contribution is -0.128. The number of anilines is 2. The van der Waals surface area contributed by atoms with E-state index >= 15 is 0 Å². The molecule has 0 fully saturated rings. The number of carbonyl (C=O) groups is 4. The monoisotopic (exact) mass is 628 g/mol. The molecule has 0 aromatic heterocycles. The Bertz CT molecular complexity index is 1750. The first kappa shape index (κ1) is 31.9. The third-order valence-electron chi connectivity index (χ3n) is 6.76. The van der Waals surface area contributed by atoms with Crippen LogP contribution in [0.4, 0.5) is 17.1 Å². The van der Waals surface area contributed by atoms with E-state index in [9.17, 15) is 19.2 Å². The second kappa shape index (κ2) is 14.4. The molecular weight excluding hydrogens is 603 g/mol. The Morgan fingerprint density at radius 3 is 1.80 bits per heavy atom. The van der Waals surface area contributed by atoms with Crippen LogP contribution in [-0.4, -0.2) is 29.9 Å². The van der Waals surface area contributed by atoms with Crippen molar-refractivity contribution in [3.05, 3.63) is 112 Å². The van der Waals surface area contributed by atoms with E-state index in [1.807, 2.05) is 0 Å². The third-order valence-corrected chi connectivity index (χ3v) is 7.49. The molecule has 0 saturated heterocycles. The van der Waals surface area contributed by atoms with Gasteiger partial charge in [-0.05, 0) is 53.9 Å². The summed E-state index contributed by atoms with van der Waals surface area (Å²) in [6.07, 6.45) is 0. The number of hydrogen-bond acceptors (Lipinski definition) is 8. The third kappa shape index (κ3) is 7.11. The Balaban J connectivity index is 1.70. The fourth-order valence-electron chi connectivity index (χ4n) is 4.72. The van der Waals surface area contributed by atoms with E-state index in [0.29, 0.717) is 22.5 Å². The summed E-state index contributed by atoms with van der Waals surface area (Å²) in [7, 11) is 0. The molecule has 4 N–H and O–H groups in total. The number of benzene rings is 4. The molecule has 0 radical (unpaired) electrons. The highest BCUT2D eigenvalue weighted by Gasteiger charge is 2.32. The lowest BCUT2D eigenvalue weighted by Crippen LogP contribution is -2.29. The van der Waals surface area contributed by atoms with Gasteiger partial charge in [0, 0.05) is 22.0 Å². The zero-order chi connectivity index (χ0) is 31.8. The predicted octanol–water partition coefficient (Wildman–Crippen LogP) is 7.96. The van der Waals surface area contributed by atoms with Gasteiger partial charge in [-0.3, -0.25) is 19.2 Å². The summed E-state index contributed by atoms with van der Waals surface area (Å²) < 4.78 is 0. The lowest BCUT2D eigenvalue weighted by atomic mass is 9.89. The minimum absolute atomic E-state index is 0.00537. The second-order valence-electron chi connectivity index (χ2n) is 9.68. The van der Waals surface area contributed by atoms with Gasteiger partial charge in [-0.2, -0.15) is 10.2 Å². The number of amides is 2. The number of hydrogen-bond donors (Lipinski definition) is 4. The average molecular weight is 630 g/mol. The van der Waals surface area contributed by atoms with E-state index in [1.54, 1.807) is 72.8 Å². The average Bonchev–Trinajstić information content (AvgIpc) is 3.00. The molecule has 2 atom stereocenters. The fraction of sp³-hybridized carbons (Fsp3) is 0.125. The first-order valence-corrected chi connectivity index (χ1v) is 14.0. The Kier molecular flexibility index (Phi) is 10.4. The maximum absolute atomic E-state index is 13.2. The highest BCUT2D eigenvalue weighted by molar-refractivity contribution is 6.36. The van der Waals surface area contributed by atoms with Gasteiger partial charge in [0.25, 0.3) is 0 Å². The van der Waals surface area contributed by atoms with Crippen LogP contribution in [0.15, 0.2) is 101 Å². The van der Waals surface area contributed by atoms with Gasteiger partial charge in [-0.1, -0.05) is 83.9 Å². The molecule has 0 saturated carbocycles. The van der Waals surface area contributed by atoms with Crippen molar-refractivity contribution in [1.82, 2.24) is 0 Å². The minimum Gasteiger partial charge on any atom is -0.325 e. The Hall–Kier alpha value is -5.06. The summed E-state index contributed by atoms with van der Waals surface area (Å²) in [6.45, 7) is 0.758. The number of Topliss-reactive ketones (excluding diaryl/α,β-unsaturated/α-hetero) is 2. The maximum Gasteiger partial charge on any atom is 0.239 e. The van der Waals surface area contributed by atoms with Crippen molar-refractivity contribution in [3.63, 3.8) is 0 Å². The van der Waals surface area contributed by atoms with E-state index in [0.717, 1.165) is 0 Å². The van der Waals surface area contributed by atoms with Crippen LogP contribution in [0.2, 0.25) is 10.0 Å². The zero-order valence-electron chi connectivity index (χ0n) is 23.3. The molecular formula is C32H26Cl2N6O4. The molecule has 12 heteroatoms. The van der Waals surface area contributed by atoms with Gasteiger partial charge >= 0.3 is 0 Å². The highest BCUT2D eigenvalue weighted by Crippen LogP contribution is 2.43. The minimum atomic E-state index is -1.35. The van der Waals surface area contributed by atoms with Crippen LogP contribution in [-0.2, 0) is 19.2 Å². The number of ketones is 2. The lowest BCUT2D eigenvalue weighted by Gasteiger charge is -2.19. The molecule has 4 aromatic rings. The van der Waals surface area contributed by atoms with Crippen molar-refractivity contribution in [2.24, 2.45) is 10.2 Å². The summed E-state index contributed by atoms with van der Waals surface area (Å²) >= 11 is 13.3. The van der Waals surface area contributed by atoms with Crippen molar-refractivity contribution < 1.29 is 19.2 Å². The van der Waals surface area contributed by atoms with E-state index in [-0.39, 0.29) is 26.9 Å². The first-order chi connectivity index (χ1) is 21.2. The van der Waals surface area contributed by atoms with Crippen molar-refractivity contribution >= 4 is 63.6 Å². The maximum atomic E-state index is 13.2. The largest absolute Gasteiger partial charge is 0.325 e. The van der Waals surface area contributed by atoms with Gasteiger partial charge in [0.1, 0.15) is 29.9 Å². The summed E-state index contributed by atoms with van der Waals surface area (Å²) in [5.74, 6) is -4.93. The quantitative estimate of drug-likeness (QED) is 0.0923. The van der Waals surface area contributed by atoms with E-state index in [1.165, 1.54) is 25.1 Å². The molecule has 0 aliphatic rings. The summed E-state index contributed by atoms with van der Waals surface area (Å²) in [5, 5.41) is 12.1. The predicted molar refractivity (Wildman–Crippen MR) is 168 cm³/mol. The number of nitrogens with zero attached hydrogens (tertiary/aromatic N) is 2. The molecule has 0 heterocycles. The van der Waals surface area contributed by atoms with Crippen molar-refractivity contribution in [2.45, 2.75) is 18.8 Å². The topological polar surface area (TPSA) is 165 Å². The molecule has 2 amide bonds. The smallest absolute Gasteiger partial charge is 0.239 e. The van der Waals surface area contributed by atoms with Gasteiger partial charge in [-0.25, -0.2) is 11.1 Å². The second-order valence-corrected chi connectivity index (χ2v) is 10.5. The zero-order valence-corrected chi connectivity index (χ0v) is 24.8. The molecule has 0 bridgehead atoms. The van der Waals surface area contributed by atoms with E-state index in [4.69, 9.17) is 34.3 Å². The molecule has 10 nitrogen and oxygen atoms in total. The number of halogens is 2. The van der Waals surface area contributed by atoms with Crippen LogP contribution >= 0.6 is 23.2 Å². The van der Waals surface area contributed by atoms with Crippen LogP contribution < -0.4 is 10.6 Å². The van der Waals surface area contributed by atoms with E-state index in [2.05, 4.69) is 20.9 Å². The molecule has 0 aliphatic carbocycles. The molecule has 222 valence electrons. The fourth-order valence-corrected chi connectivity index (χ4v) is 5.33. The summed E-state index contributed by atoms with van der Waals surface area (Å²) in [5.41, 5.74) is 17.1. The van der Waals surface area contributed by atoms with Crippen LogP contribution in [0.5, 0.6) is 0 Å². The van der Waals surface area contributed by atoms with Gasteiger partial charge in [0.2, 0.25) is 11.8 Å². The Morgan fingerprint density at radius 1 is 0.750 bits per heavy atom. The Morgan fingerprint density at radius 2 is 1.30 bits per heavy atom. The molecule has 0 aliphatic heterocycles. The number of nitrogens with one attached hydrogen (secondary N) is 4. The van der Waals surface area contributed by atoms with Gasteiger partial charge < -0.3 is 10.6 Å². The van der Waals surface area contributed by atoms with Crippen LogP contribution in [0, 0.1) is 11.1 Å². The van der Waals surface area contributed by atoms with Crippen molar-refractivity contribution in [1.29, 1.82) is 11.1 Å². The number of rotatable bonds is 12. The SMILES string of the molecule is CC(=O)C(C(=O)Nc1ccccc1)c1ccc(-c2ccc(C(C(=O)CN=N)C(=O)Nc3ccccc3)c(Cl)c2)c(N=N)c1Cl. The number of para-hydroxylation sites is 2. The van der Waals surface area contributed by atoms with Gasteiger partial charge in [0.15, 0.2) is 5.78 Å². The van der Waals surface area contributed by atoms with Crippen molar-refractivity contribution in [3.8, 4) is 11.1 Å². The highest BCUT2D eigenvalue weighted by atomic mass is 35.5. The Labute approximate surface area is 262 Å². The summed E-state index contributed by atoms with van der Waals surface area (Å²) in [4.78, 5) is 51.8. The molecule has 0 spiro atoms. The molecule has 44 heavy (non-hydrogen) atoms. The first-order valence-electron chi connectivity index (χ1n) is 13.2. The molecule has 4 rings (SSSR count). The van der Waals surface area contributed by atoms with Gasteiger partial charge in [0.05, 0.1) is 5.02 Å². The van der Waals surface area contributed by atoms with E-state index < -0.39 is 41.8 Å². The number of carbonyl (C=O) groups excluding carboxylic acids is 4. The van der Waals surface area contributed by atoms with Crippen LogP contribution in [0.1, 0.15) is 29.9 Å². The van der Waals surface area contributed by atoms with Gasteiger partial charge in [-0.15, -0.1) is 0 Å². The van der Waals surface area contributed by atoms with Crippen LogP contribution in [0.3, 0.4) is 0 Å². The summed E-state index contributed by atoms with van der Waals surface area (Å²) in [6, 6.07) is 24.9. The van der Waals surface area contributed by atoms with Crippen molar-refractivity contribution in [2.75, 3.05) is 17.2 Å². The standard InChI is InChI=1S/C32H26Cl2N6O4/c1-18(41)27(31(43)38-20-8-4-2-5-9-20)24-15-14-22(30(40-36)29(24)34)19-12-13-23(25(33)16-19)28(26(42)17-37-35)32(44)39-21-10-6-3-7-11-21/h2-16,27-28,35-36H,17H2,1H3,(H,38,43)(H,39,44). The molecule has 2 unspecified atom stereocenters. The molecule has 4 aromatic carbocycles.